The number of nitrogens with zero attached hydrogens (tertiary/aromatic N) is 2. The van der Waals surface area contributed by atoms with E-state index >= 15 is 0 Å². The molecule has 0 radical (unpaired) electrons. The fourth-order valence-electron chi connectivity index (χ4n) is 0.854. The van der Waals surface area contributed by atoms with Crippen LogP contribution in [0.4, 0.5) is 13.2 Å². The van der Waals surface area contributed by atoms with E-state index in [0.29, 0.717) is 0 Å². The fourth-order valence-corrected chi connectivity index (χ4v) is 0.854. The van der Waals surface area contributed by atoms with Gasteiger partial charge in [-0.05, 0) is 6.92 Å². The predicted molar refractivity (Wildman–Crippen MR) is 40.4 cm³/mol. The van der Waals surface area contributed by atoms with Crippen LogP contribution >= 0.6 is 0 Å². The number of carbonyl (C=O) groups is 1. The molecule has 7 heteroatoms. The zero-order chi connectivity index (χ0) is 10.9. The highest BCUT2D eigenvalue weighted by molar-refractivity contribution is 5.75. The Labute approximate surface area is 78.5 Å². The minimum Gasteiger partial charge on any atom is -0.357 e. The molecule has 0 fully saturated rings. The summed E-state index contributed by atoms with van der Waals surface area (Å²) >= 11 is 0. The molecule has 0 aromatic heterocycles. The highest BCUT2D eigenvalue weighted by atomic mass is 19.4. The quantitative estimate of drug-likeness (QED) is 0.648. The van der Waals surface area contributed by atoms with Crippen molar-refractivity contribution in [2.75, 3.05) is 7.05 Å². The van der Waals surface area contributed by atoms with E-state index in [9.17, 15) is 18.0 Å². The van der Waals surface area contributed by atoms with Crippen molar-refractivity contribution in [3.8, 4) is 0 Å². The third-order valence-electron chi connectivity index (χ3n) is 1.83. The van der Waals surface area contributed by atoms with Gasteiger partial charge >= 0.3 is 12.1 Å². The Morgan fingerprint density at radius 3 is 2.36 bits per heavy atom. The molecule has 1 rings (SSSR count). The maximum absolute atomic E-state index is 11.8. The van der Waals surface area contributed by atoms with Gasteiger partial charge in [-0.1, -0.05) is 0 Å². The van der Waals surface area contributed by atoms with Gasteiger partial charge in [-0.2, -0.15) is 18.2 Å². The SMILES string of the molecule is CC1N(C)C=CN1OC(=O)C(F)(F)F. The maximum atomic E-state index is 11.8. The lowest BCUT2D eigenvalue weighted by molar-refractivity contribution is -0.237. The van der Waals surface area contributed by atoms with Crippen LogP contribution in [0.15, 0.2) is 12.4 Å². The molecule has 0 saturated carbocycles. The van der Waals surface area contributed by atoms with Crippen molar-refractivity contribution in [3.63, 3.8) is 0 Å². The lowest BCUT2D eigenvalue weighted by Crippen LogP contribution is -2.38. The van der Waals surface area contributed by atoms with E-state index in [4.69, 9.17) is 0 Å². The van der Waals surface area contributed by atoms with Crippen LogP contribution in [0.1, 0.15) is 6.92 Å². The molecule has 1 aliphatic heterocycles. The highest BCUT2D eigenvalue weighted by Gasteiger charge is 2.43. The summed E-state index contributed by atoms with van der Waals surface area (Å²) in [5.74, 6) is -2.22. The number of rotatable bonds is 1. The van der Waals surface area contributed by atoms with Crippen molar-refractivity contribution in [1.29, 1.82) is 0 Å². The van der Waals surface area contributed by atoms with E-state index in [2.05, 4.69) is 4.84 Å². The lowest BCUT2D eigenvalue weighted by atomic mass is 10.5. The van der Waals surface area contributed by atoms with Gasteiger partial charge in [-0.15, -0.1) is 0 Å². The summed E-state index contributed by atoms with van der Waals surface area (Å²) in [7, 11) is 1.66. The van der Waals surface area contributed by atoms with Crippen LogP contribution in [0.2, 0.25) is 0 Å². The molecule has 0 bridgehead atoms. The zero-order valence-corrected chi connectivity index (χ0v) is 7.58. The number of alkyl halides is 3. The first-order valence-electron chi connectivity index (χ1n) is 3.80. The lowest BCUT2D eigenvalue weighted by Gasteiger charge is -2.25. The second kappa shape index (κ2) is 3.39. The van der Waals surface area contributed by atoms with E-state index in [1.165, 1.54) is 12.4 Å². The Morgan fingerprint density at radius 2 is 2.00 bits per heavy atom. The Bertz CT molecular complexity index is 264. The van der Waals surface area contributed by atoms with Gasteiger partial charge in [0.15, 0.2) is 0 Å². The van der Waals surface area contributed by atoms with Crippen LogP contribution in [-0.2, 0) is 9.63 Å². The van der Waals surface area contributed by atoms with Crippen LogP contribution in [0.3, 0.4) is 0 Å². The number of carbonyl (C=O) groups excluding carboxylic acids is 1. The van der Waals surface area contributed by atoms with Crippen LogP contribution < -0.4 is 0 Å². The van der Waals surface area contributed by atoms with Gasteiger partial charge < -0.3 is 9.74 Å². The summed E-state index contributed by atoms with van der Waals surface area (Å²) in [4.78, 5) is 16.1. The third kappa shape index (κ3) is 2.09. The van der Waals surface area contributed by atoms with Gasteiger partial charge in [0.25, 0.3) is 0 Å². The van der Waals surface area contributed by atoms with Gasteiger partial charge in [0.1, 0.15) is 6.17 Å². The second-order valence-corrected chi connectivity index (χ2v) is 2.83. The molecule has 0 N–H and O–H groups in total. The van der Waals surface area contributed by atoms with Gasteiger partial charge in [0.05, 0.1) is 6.20 Å². The molecule has 0 spiro atoms. The second-order valence-electron chi connectivity index (χ2n) is 2.83. The topological polar surface area (TPSA) is 32.8 Å². The molecule has 1 heterocycles. The largest absolute Gasteiger partial charge is 0.493 e. The molecular weight excluding hydrogens is 201 g/mol. The molecule has 0 saturated heterocycles. The van der Waals surface area contributed by atoms with Gasteiger partial charge in [-0.3, -0.25) is 0 Å². The Morgan fingerprint density at radius 1 is 1.43 bits per heavy atom. The van der Waals surface area contributed by atoms with Crippen LogP contribution in [0, 0.1) is 0 Å². The van der Waals surface area contributed by atoms with E-state index in [1.807, 2.05) is 0 Å². The first-order valence-corrected chi connectivity index (χ1v) is 3.80. The number of hydrogen-bond donors (Lipinski definition) is 0. The third-order valence-corrected chi connectivity index (χ3v) is 1.83. The van der Waals surface area contributed by atoms with Crippen molar-refractivity contribution in [1.82, 2.24) is 9.96 Å². The molecule has 0 aliphatic carbocycles. The summed E-state index contributed by atoms with van der Waals surface area (Å²) in [6.45, 7) is 1.60. The molecule has 80 valence electrons. The van der Waals surface area contributed by atoms with E-state index in [-0.39, 0.29) is 0 Å². The highest BCUT2D eigenvalue weighted by Crippen LogP contribution is 2.20. The summed E-state index contributed by atoms with van der Waals surface area (Å²) in [5.41, 5.74) is 0. The molecule has 0 aromatic rings. The molecule has 0 amide bonds. The van der Waals surface area contributed by atoms with Gasteiger partial charge in [-0.25, -0.2) is 4.79 Å². The van der Waals surface area contributed by atoms with Crippen LogP contribution in [0.5, 0.6) is 0 Å². The van der Waals surface area contributed by atoms with E-state index in [0.717, 1.165) is 5.06 Å². The molecule has 14 heavy (non-hydrogen) atoms. The van der Waals surface area contributed by atoms with E-state index < -0.39 is 18.3 Å². The monoisotopic (exact) mass is 210 g/mol. The molecule has 1 atom stereocenters. The predicted octanol–water partition coefficient (Wildman–Crippen LogP) is 1.07. The summed E-state index contributed by atoms with van der Waals surface area (Å²) in [6.07, 6.45) is -2.63. The van der Waals surface area contributed by atoms with Crippen molar-refractivity contribution < 1.29 is 22.8 Å². The Kier molecular flexibility index (Phi) is 2.59. The Balaban J connectivity index is 2.55. The average Bonchev–Trinajstić information content (AvgIpc) is 2.34. The fraction of sp³-hybridized carbons (Fsp3) is 0.571. The molecule has 1 aliphatic rings. The Hall–Kier alpha value is -1.40. The summed E-state index contributed by atoms with van der Waals surface area (Å²) < 4.78 is 35.4. The zero-order valence-electron chi connectivity index (χ0n) is 7.58. The van der Waals surface area contributed by atoms with Crippen molar-refractivity contribution >= 4 is 5.97 Å². The average molecular weight is 210 g/mol. The summed E-state index contributed by atoms with van der Waals surface area (Å²) in [5, 5.41) is 0.843. The van der Waals surface area contributed by atoms with Gasteiger partial charge in [0, 0.05) is 13.2 Å². The minimum absolute atomic E-state index is 0.429. The first kappa shape index (κ1) is 10.7. The van der Waals surface area contributed by atoms with Crippen molar-refractivity contribution in [2.24, 2.45) is 0 Å². The van der Waals surface area contributed by atoms with Crippen LogP contribution in [0.25, 0.3) is 0 Å². The van der Waals surface area contributed by atoms with Crippen LogP contribution in [-0.4, -0.2) is 35.3 Å². The molecular formula is C7H9F3N2O2. The van der Waals surface area contributed by atoms with E-state index in [1.54, 1.807) is 18.9 Å². The molecule has 4 nitrogen and oxygen atoms in total. The van der Waals surface area contributed by atoms with Gasteiger partial charge in [0.2, 0.25) is 0 Å². The standard InChI is InChI=1S/C7H9F3N2O2/c1-5-11(2)3-4-12(5)14-6(13)7(8,9)10/h3-5H,1-2H3. The normalized spacial score (nSPS) is 21.6. The van der Waals surface area contributed by atoms with Crippen molar-refractivity contribution in [2.45, 2.75) is 19.3 Å². The smallest absolute Gasteiger partial charge is 0.357 e. The number of hydroxylamine groups is 2. The van der Waals surface area contributed by atoms with Crippen molar-refractivity contribution in [3.05, 3.63) is 12.4 Å². The first-order chi connectivity index (χ1) is 6.32. The number of hydrogen-bond acceptors (Lipinski definition) is 4. The molecule has 0 aromatic carbocycles. The maximum Gasteiger partial charge on any atom is 0.493 e. The minimum atomic E-state index is -4.96. The summed E-state index contributed by atoms with van der Waals surface area (Å²) in [6, 6.07) is 0. The molecule has 1 unspecified atom stereocenters. The number of halogens is 3.